The zero-order chi connectivity index (χ0) is 78.8. The normalized spacial score (nSPS) is 15.8. The number of carboxylic acids is 2. The molecule has 34 nitrogen and oxygen atoms in total. The Morgan fingerprint density at radius 1 is 0.542 bits per heavy atom. The topological polar surface area (TPSA) is 550 Å². The second-order valence-electron chi connectivity index (χ2n) is 26.7. The number of likely N-dealkylation sites (tertiary alicyclic amines) is 1. The van der Waals surface area contributed by atoms with Gasteiger partial charge in [-0.25, -0.2) is 4.79 Å². The number of fused-ring (bicyclic) bond motifs is 2. The van der Waals surface area contributed by atoms with Crippen LogP contribution in [0.15, 0.2) is 85.2 Å². The van der Waals surface area contributed by atoms with Gasteiger partial charge in [0.15, 0.2) is 0 Å². The van der Waals surface area contributed by atoms with Crippen molar-refractivity contribution in [2.24, 2.45) is 29.0 Å². The Kier molecular flexibility index (Phi) is 32.8. The third-order valence-electron chi connectivity index (χ3n) is 18.1. The van der Waals surface area contributed by atoms with E-state index in [4.69, 9.17) is 17.2 Å². The Balaban J connectivity index is 1.14. The van der Waals surface area contributed by atoms with Gasteiger partial charge < -0.3 is 101 Å². The van der Waals surface area contributed by atoms with Gasteiger partial charge in [0.05, 0.1) is 12.6 Å². The molecule has 5 aromatic rings. The second-order valence-corrected chi connectivity index (χ2v) is 27.4. The van der Waals surface area contributed by atoms with Gasteiger partial charge in [0, 0.05) is 90.8 Å². The number of hydrogen-bond acceptors (Lipinski definition) is 19. The molecule has 2 aromatic heterocycles. The molecular formula is C71H96N16O18S2. The number of carboxylic acid groups (broad SMARTS) is 2. The maximum Gasteiger partial charge on any atom is 0.326 e. The van der Waals surface area contributed by atoms with Crippen LogP contribution in [-0.2, 0) is 91.2 Å². The van der Waals surface area contributed by atoms with Gasteiger partial charge in [0.2, 0.25) is 76.8 Å². The molecule has 21 N–H and O–H groups in total. The number of phenols is 1. The molecule has 36 heteroatoms. The first kappa shape index (κ1) is 85.2. The number of carbonyl (C=O) groups is 15. The minimum Gasteiger partial charge on any atom is -0.508 e. The third-order valence-corrected chi connectivity index (χ3v) is 18.8. The standard InChI is InChI=1S/C71H96N16O18S2/c1-5-37(4)60(69(102)80-48(71(104)105)21-24-57(74)90)86-66(99)52(30-40-32-76-46-14-9-7-12-43(40)46)82-67(100)53(34-106)84-64(97)49(27-36(2)3)78-58(91)33-77-62(95)50(28-38-16-18-41(88)19-17-38)83-68(101)55-15-10-26-87(55)70(103)54(35-107)85-63(96)47(22-25-59(92)93)79-65(98)51(81-61(94)44(72)20-23-56(73)89)29-39-31-75-45-13-8-6-11-42(39)45/h6-9,11-14,16-19,31-32,36-37,44,47-55,60,75-76,88,106-107H,5,10,15,20-30,33-35,72H2,1-4H3,(H2,73,89)(H2,74,90)(H,77,95)(H,78,91)(H,79,98)(H,80,102)(H,81,94)(H,82,100)(H,83,101)(H,84,97)(H,85,96)(H,86,99)(H,92,93)(H,104,105)/t37-,44-,47-,48-,49-,50-,51-,52-,53-,54-,55-,60-/m0/s1. The first-order chi connectivity index (χ1) is 50.8. The van der Waals surface area contributed by atoms with Gasteiger partial charge in [-0.2, -0.15) is 25.3 Å². The number of nitrogens with one attached hydrogen (secondary N) is 12. The van der Waals surface area contributed by atoms with Crippen LogP contribution in [0.3, 0.4) is 0 Å². The number of carbonyl (C=O) groups excluding carboxylic acids is 13. The van der Waals surface area contributed by atoms with Gasteiger partial charge in [0.25, 0.3) is 0 Å². The van der Waals surface area contributed by atoms with Crippen molar-refractivity contribution >= 4 is 136 Å². The molecule has 0 spiro atoms. The monoisotopic (exact) mass is 1520 g/mol. The summed E-state index contributed by atoms with van der Waals surface area (Å²) in [6, 6.07) is 4.08. The molecule has 0 saturated carbocycles. The molecule has 0 unspecified atom stereocenters. The number of primary amides is 2. The molecule has 13 amide bonds. The van der Waals surface area contributed by atoms with Crippen LogP contribution in [0.2, 0.25) is 0 Å². The zero-order valence-electron chi connectivity index (χ0n) is 59.6. The summed E-state index contributed by atoms with van der Waals surface area (Å²) in [4.78, 5) is 210. The first-order valence-corrected chi connectivity index (χ1v) is 36.2. The van der Waals surface area contributed by atoms with Crippen LogP contribution in [0.1, 0.15) is 109 Å². The number of aromatic hydroxyl groups is 1. The number of hydrogen-bond donors (Lipinski definition) is 20. The molecule has 1 saturated heterocycles. The molecule has 12 atom stereocenters. The highest BCUT2D eigenvalue weighted by Crippen LogP contribution is 2.24. The molecule has 580 valence electrons. The van der Waals surface area contributed by atoms with E-state index in [0.717, 1.165) is 4.90 Å². The molecule has 1 fully saturated rings. The molecule has 0 aliphatic carbocycles. The van der Waals surface area contributed by atoms with Crippen LogP contribution in [-0.4, -0.2) is 210 Å². The molecule has 1 aliphatic rings. The van der Waals surface area contributed by atoms with Crippen molar-refractivity contribution in [3.05, 3.63) is 102 Å². The van der Waals surface area contributed by atoms with Gasteiger partial charge >= 0.3 is 11.9 Å². The molecule has 1 aliphatic heterocycles. The first-order valence-electron chi connectivity index (χ1n) is 35.0. The summed E-state index contributed by atoms with van der Waals surface area (Å²) >= 11 is 8.69. The van der Waals surface area contributed by atoms with Gasteiger partial charge in [-0.05, 0) is 91.3 Å². The maximum atomic E-state index is 14.5. The molecule has 0 bridgehead atoms. The lowest BCUT2D eigenvalue weighted by Gasteiger charge is -2.30. The summed E-state index contributed by atoms with van der Waals surface area (Å²) in [5, 5.41) is 56.7. The molecule has 6 rings (SSSR count). The lowest BCUT2D eigenvalue weighted by molar-refractivity contribution is -0.143. The number of aliphatic carboxylic acids is 2. The number of phenolic OH excluding ortho intramolecular Hbond substituents is 1. The van der Waals surface area contributed by atoms with Gasteiger partial charge in [-0.3, -0.25) is 67.1 Å². The Morgan fingerprint density at radius 3 is 1.58 bits per heavy atom. The van der Waals surface area contributed by atoms with Crippen molar-refractivity contribution in [3.63, 3.8) is 0 Å². The zero-order valence-corrected chi connectivity index (χ0v) is 61.4. The summed E-state index contributed by atoms with van der Waals surface area (Å²) in [5.74, 6) is -15.8. The van der Waals surface area contributed by atoms with E-state index in [2.05, 4.69) is 88.4 Å². The third kappa shape index (κ3) is 25.8. The van der Waals surface area contributed by atoms with Crippen LogP contribution in [0.4, 0.5) is 0 Å². The Bertz CT molecular complexity index is 4020. The summed E-state index contributed by atoms with van der Waals surface area (Å²) in [6.45, 7) is 6.07. The number of aromatic amines is 2. The highest BCUT2D eigenvalue weighted by molar-refractivity contribution is 7.80. The Morgan fingerprint density at radius 2 is 1.03 bits per heavy atom. The fourth-order valence-electron chi connectivity index (χ4n) is 12.0. The number of para-hydroxylation sites is 2. The highest BCUT2D eigenvalue weighted by atomic mass is 32.1. The van der Waals surface area contributed by atoms with E-state index in [0.29, 0.717) is 44.9 Å². The minimum atomic E-state index is -1.64. The number of nitrogens with zero attached hydrogens (tertiary/aromatic N) is 1. The van der Waals surface area contributed by atoms with Gasteiger partial charge in [-0.1, -0.05) is 82.6 Å². The Labute approximate surface area is 627 Å². The van der Waals surface area contributed by atoms with Gasteiger partial charge in [0.1, 0.15) is 66.2 Å². The molecule has 3 heterocycles. The van der Waals surface area contributed by atoms with Crippen molar-refractivity contribution in [2.75, 3.05) is 24.6 Å². The van der Waals surface area contributed by atoms with Crippen molar-refractivity contribution in [3.8, 4) is 5.75 Å². The smallest absolute Gasteiger partial charge is 0.326 e. The molecule has 3 aromatic carbocycles. The van der Waals surface area contributed by atoms with E-state index in [1.165, 1.54) is 24.3 Å². The van der Waals surface area contributed by atoms with Crippen LogP contribution < -0.4 is 70.4 Å². The quantitative estimate of drug-likeness (QED) is 0.0200. The summed E-state index contributed by atoms with van der Waals surface area (Å²) < 4.78 is 0. The average molecular weight is 1530 g/mol. The number of H-pyrrole nitrogens is 2. The summed E-state index contributed by atoms with van der Waals surface area (Å²) in [6.07, 6.45) is 1.07. The van der Waals surface area contributed by atoms with Crippen LogP contribution in [0.5, 0.6) is 5.75 Å². The lowest BCUT2D eigenvalue weighted by Crippen LogP contribution is -2.61. The maximum absolute atomic E-state index is 14.5. The molecular weight excluding hydrogens is 1430 g/mol. The fraction of sp³-hybridized carbons (Fsp3) is 0.479. The number of nitrogens with two attached hydrogens (primary N) is 3. The molecule has 107 heavy (non-hydrogen) atoms. The van der Waals surface area contributed by atoms with Crippen LogP contribution in [0.25, 0.3) is 21.8 Å². The van der Waals surface area contributed by atoms with Gasteiger partial charge in [-0.15, -0.1) is 0 Å². The largest absolute Gasteiger partial charge is 0.508 e. The van der Waals surface area contributed by atoms with E-state index in [1.54, 1.807) is 88.6 Å². The Hall–Kier alpha value is -10.7. The van der Waals surface area contributed by atoms with E-state index in [9.17, 15) is 87.2 Å². The van der Waals surface area contributed by atoms with Crippen molar-refractivity contribution in [1.82, 2.24) is 68.0 Å². The average Bonchev–Trinajstić information content (AvgIpc) is 1.72. The fourth-order valence-corrected chi connectivity index (χ4v) is 12.5. The predicted molar refractivity (Wildman–Crippen MR) is 397 cm³/mol. The number of benzene rings is 3. The highest BCUT2D eigenvalue weighted by Gasteiger charge is 2.41. The second kappa shape index (κ2) is 41.2. The molecule has 0 radical (unpaired) electrons. The predicted octanol–water partition coefficient (Wildman–Crippen LogP) is -1.39. The van der Waals surface area contributed by atoms with Crippen molar-refractivity contribution in [2.45, 2.75) is 178 Å². The SMILES string of the molecule is CC[C@H](C)[C@H](NC(=O)[C@H](Cc1c[nH]c2ccccc12)NC(=O)[C@H](CS)NC(=O)[C@H](CC(C)C)NC(=O)CNC(=O)[C@H](Cc1ccc(O)cc1)NC(=O)[C@@H]1CCCN1C(=O)[C@H](CS)NC(=O)[C@H](CCC(=O)O)NC(=O)[C@H](Cc1c[nH]c2ccccc12)NC(=O)[C@@H](N)CCC(N)=O)C(=O)N[C@@H](CCC(N)=O)C(=O)O. The van der Waals surface area contributed by atoms with Crippen LogP contribution in [0, 0.1) is 11.8 Å². The summed E-state index contributed by atoms with van der Waals surface area (Å²) in [5.41, 5.74) is 19.5. The number of rotatable bonds is 43. The van der Waals surface area contributed by atoms with E-state index in [-0.39, 0.29) is 93.9 Å². The number of thiol groups is 2. The van der Waals surface area contributed by atoms with Crippen molar-refractivity contribution < 1.29 is 87.2 Å². The van der Waals surface area contributed by atoms with Crippen LogP contribution >= 0.6 is 25.3 Å². The van der Waals surface area contributed by atoms with E-state index < -0.39 is 180 Å². The van der Waals surface area contributed by atoms with E-state index >= 15 is 0 Å². The number of aromatic nitrogens is 2. The number of amides is 13. The minimum absolute atomic E-state index is 0.00876. The van der Waals surface area contributed by atoms with Crippen molar-refractivity contribution in [1.29, 1.82) is 0 Å². The van der Waals surface area contributed by atoms with E-state index in [1.807, 2.05) is 0 Å². The lowest BCUT2D eigenvalue weighted by atomic mass is 9.96. The summed E-state index contributed by atoms with van der Waals surface area (Å²) in [7, 11) is 0.